The Bertz CT molecular complexity index is 353. The number of hydrogen-bond donors (Lipinski definition) is 0. The first-order valence-corrected chi connectivity index (χ1v) is 10.2. The normalized spacial score (nSPS) is 23.7. The topological polar surface area (TPSA) is 45.5 Å². The lowest BCUT2D eigenvalue weighted by atomic mass is 9.81. The van der Waals surface area contributed by atoms with Crippen LogP contribution in [0, 0.1) is 23.2 Å². The molecule has 134 valence electrons. The molecule has 23 heavy (non-hydrogen) atoms. The van der Waals surface area contributed by atoms with E-state index in [-0.39, 0.29) is 0 Å². The minimum Gasteiger partial charge on any atom is -0.321 e. The largest absolute Gasteiger partial charge is 0.321 e. The zero-order chi connectivity index (χ0) is 17.4. The molecular formula is C18H35N2O2P. The highest BCUT2D eigenvalue weighted by Gasteiger charge is 2.32. The summed E-state index contributed by atoms with van der Waals surface area (Å²) in [4.78, 5) is 0. The van der Waals surface area contributed by atoms with Gasteiger partial charge in [-0.1, -0.05) is 13.8 Å². The van der Waals surface area contributed by atoms with Crippen LogP contribution in [0.1, 0.15) is 73.6 Å². The van der Waals surface area contributed by atoms with Gasteiger partial charge in [0.05, 0.1) is 25.2 Å². The Hall–Kier alpha value is -0.200. The van der Waals surface area contributed by atoms with Gasteiger partial charge >= 0.3 is 0 Å². The Balaban J connectivity index is 2.64. The molecule has 0 N–H and O–H groups in total. The number of rotatable bonds is 9. The summed E-state index contributed by atoms with van der Waals surface area (Å²) in [6, 6.07) is 2.89. The molecule has 0 aromatic heterocycles. The molecule has 1 aliphatic carbocycles. The van der Waals surface area contributed by atoms with Gasteiger partial charge in [-0.2, -0.15) is 5.26 Å². The van der Waals surface area contributed by atoms with Gasteiger partial charge in [-0.05, 0) is 65.2 Å². The van der Waals surface area contributed by atoms with E-state index in [9.17, 15) is 0 Å². The van der Waals surface area contributed by atoms with E-state index < -0.39 is 8.53 Å². The predicted octanol–water partition coefficient (Wildman–Crippen LogP) is 5.49. The van der Waals surface area contributed by atoms with Crippen LogP contribution in [0.25, 0.3) is 0 Å². The maximum absolute atomic E-state index is 8.76. The van der Waals surface area contributed by atoms with Gasteiger partial charge in [-0.25, -0.2) is 4.67 Å². The Morgan fingerprint density at radius 3 is 2.04 bits per heavy atom. The van der Waals surface area contributed by atoms with Crippen LogP contribution in [-0.2, 0) is 9.05 Å². The van der Waals surface area contributed by atoms with E-state index in [0.717, 1.165) is 24.7 Å². The first kappa shape index (κ1) is 20.8. The van der Waals surface area contributed by atoms with Gasteiger partial charge in [0.15, 0.2) is 0 Å². The summed E-state index contributed by atoms with van der Waals surface area (Å²) in [6.07, 6.45) is 5.51. The quantitative estimate of drug-likeness (QED) is 0.410. The molecule has 0 amide bonds. The highest BCUT2D eigenvalue weighted by molar-refractivity contribution is 7.44. The van der Waals surface area contributed by atoms with E-state index >= 15 is 0 Å². The van der Waals surface area contributed by atoms with E-state index in [1.807, 2.05) is 0 Å². The van der Waals surface area contributed by atoms with Crippen LogP contribution in [-0.4, -0.2) is 29.5 Å². The van der Waals surface area contributed by atoms with Crippen molar-refractivity contribution in [2.75, 3.05) is 6.61 Å². The average molecular weight is 342 g/mol. The Morgan fingerprint density at radius 1 is 1.04 bits per heavy atom. The van der Waals surface area contributed by atoms with Crippen molar-refractivity contribution in [2.45, 2.75) is 91.8 Å². The van der Waals surface area contributed by atoms with Crippen LogP contribution >= 0.6 is 8.53 Å². The van der Waals surface area contributed by atoms with Gasteiger partial charge in [-0.3, -0.25) is 0 Å². The zero-order valence-corrected chi connectivity index (χ0v) is 16.7. The van der Waals surface area contributed by atoms with Crippen molar-refractivity contribution in [2.24, 2.45) is 11.8 Å². The summed E-state index contributed by atoms with van der Waals surface area (Å²) in [7, 11) is -1.08. The van der Waals surface area contributed by atoms with Crippen LogP contribution in [0.5, 0.6) is 0 Å². The lowest BCUT2D eigenvalue weighted by Crippen LogP contribution is -2.35. The molecule has 5 heteroatoms. The molecule has 1 unspecified atom stereocenters. The molecule has 0 spiro atoms. The maximum atomic E-state index is 8.76. The molecule has 0 aromatic carbocycles. The lowest BCUT2D eigenvalue weighted by molar-refractivity contribution is 0.0862. The number of nitriles is 1. The van der Waals surface area contributed by atoms with E-state index in [0.29, 0.717) is 31.2 Å². The van der Waals surface area contributed by atoms with E-state index in [2.05, 4.69) is 52.3 Å². The fourth-order valence-electron chi connectivity index (χ4n) is 3.28. The SMILES string of the molecule is CC(C)N(C(C)C)P(OCCC#N)O[C@H]1CC[C@H](C(C)C)CC1. The molecular weight excluding hydrogens is 307 g/mol. The zero-order valence-electron chi connectivity index (χ0n) is 15.8. The fraction of sp³-hybridized carbons (Fsp3) is 0.944. The second kappa shape index (κ2) is 10.6. The molecule has 4 nitrogen and oxygen atoms in total. The first-order valence-electron chi connectivity index (χ1n) is 9.11. The fourth-order valence-corrected chi connectivity index (χ4v) is 5.05. The van der Waals surface area contributed by atoms with Gasteiger partial charge in [0.25, 0.3) is 8.53 Å². The van der Waals surface area contributed by atoms with Gasteiger partial charge in [0, 0.05) is 12.1 Å². The smallest absolute Gasteiger partial charge is 0.259 e. The first-order chi connectivity index (χ1) is 10.9. The van der Waals surface area contributed by atoms with Crippen LogP contribution < -0.4 is 0 Å². The lowest BCUT2D eigenvalue weighted by Gasteiger charge is -2.39. The minimum absolute atomic E-state index is 0.304. The third kappa shape index (κ3) is 7.06. The van der Waals surface area contributed by atoms with Crippen LogP contribution in [0.15, 0.2) is 0 Å². The monoisotopic (exact) mass is 342 g/mol. The molecule has 0 radical (unpaired) electrons. The molecule has 0 heterocycles. The summed E-state index contributed by atoms with van der Waals surface area (Å²) in [5.41, 5.74) is 0. The molecule has 0 aromatic rings. The van der Waals surface area contributed by atoms with Crippen LogP contribution in [0.2, 0.25) is 0 Å². The molecule has 1 rings (SSSR count). The van der Waals surface area contributed by atoms with Crippen molar-refractivity contribution in [3.05, 3.63) is 0 Å². The summed E-state index contributed by atoms with van der Waals surface area (Å²) < 4.78 is 14.7. The Morgan fingerprint density at radius 2 is 1.61 bits per heavy atom. The van der Waals surface area contributed by atoms with Crippen molar-refractivity contribution >= 4 is 8.53 Å². The molecule has 0 bridgehead atoms. The molecule has 1 atom stereocenters. The third-order valence-corrected chi connectivity index (χ3v) is 6.75. The van der Waals surface area contributed by atoms with Crippen molar-refractivity contribution in [3.8, 4) is 6.07 Å². The molecule has 1 aliphatic rings. The molecule has 1 fully saturated rings. The Kier molecular flexibility index (Phi) is 9.63. The van der Waals surface area contributed by atoms with Gasteiger partial charge in [0.2, 0.25) is 0 Å². The maximum Gasteiger partial charge on any atom is 0.259 e. The van der Waals surface area contributed by atoms with Crippen molar-refractivity contribution in [1.29, 1.82) is 5.26 Å². The van der Waals surface area contributed by atoms with E-state index in [1.165, 1.54) is 12.8 Å². The van der Waals surface area contributed by atoms with Gasteiger partial charge in [-0.15, -0.1) is 0 Å². The van der Waals surface area contributed by atoms with Gasteiger partial charge in [0.1, 0.15) is 0 Å². The average Bonchev–Trinajstić information content (AvgIpc) is 2.47. The minimum atomic E-state index is -1.08. The van der Waals surface area contributed by atoms with Crippen molar-refractivity contribution < 1.29 is 9.05 Å². The van der Waals surface area contributed by atoms with E-state index in [4.69, 9.17) is 14.3 Å². The second-order valence-corrected chi connectivity index (χ2v) is 8.84. The third-order valence-electron chi connectivity index (χ3n) is 4.56. The summed E-state index contributed by atoms with van der Waals surface area (Å²) in [5, 5.41) is 8.76. The predicted molar refractivity (Wildman–Crippen MR) is 96.9 cm³/mol. The Labute approximate surface area is 144 Å². The summed E-state index contributed by atoms with van der Waals surface area (Å²) in [5.74, 6) is 1.61. The van der Waals surface area contributed by atoms with Gasteiger partial charge < -0.3 is 9.05 Å². The standard InChI is InChI=1S/C18H35N2O2P/c1-14(2)17-8-10-18(11-9-17)22-23(21-13-7-12-19)20(15(3)4)16(5)6/h14-18H,7-11,13H2,1-6H3/t17-,18-,23?. The molecule has 1 saturated carbocycles. The summed E-state index contributed by atoms with van der Waals surface area (Å²) in [6.45, 7) is 13.8. The van der Waals surface area contributed by atoms with Crippen molar-refractivity contribution in [1.82, 2.24) is 4.67 Å². The summed E-state index contributed by atoms with van der Waals surface area (Å²) >= 11 is 0. The molecule has 0 saturated heterocycles. The highest BCUT2D eigenvalue weighted by Crippen LogP contribution is 2.49. The van der Waals surface area contributed by atoms with Crippen molar-refractivity contribution in [3.63, 3.8) is 0 Å². The van der Waals surface area contributed by atoms with Crippen LogP contribution in [0.4, 0.5) is 0 Å². The second-order valence-electron chi connectivity index (χ2n) is 7.43. The highest BCUT2D eigenvalue weighted by atomic mass is 31.2. The van der Waals surface area contributed by atoms with Crippen LogP contribution in [0.3, 0.4) is 0 Å². The number of nitrogens with zero attached hydrogens (tertiary/aromatic N) is 2. The van der Waals surface area contributed by atoms with E-state index in [1.54, 1.807) is 0 Å². The molecule has 0 aliphatic heterocycles. The number of hydrogen-bond acceptors (Lipinski definition) is 4.